The zero-order valence-electron chi connectivity index (χ0n) is 16.8. The molecule has 1 aliphatic rings. The Morgan fingerprint density at radius 3 is 2.85 bits per heavy atom. The molecule has 0 spiro atoms. The van der Waals surface area contributed by atoms with E-state index in [0.29, 0.717) is 5.13 Å². The van der Waals surface area contributed by atoms with Crippen molar-refractivity contribution in [1.29, 1.82) is 0 Å². The van der Waals surface area contributed by atoms with E-state index in [2.05, 4.69) is 10.3 Å². The number of benzene rings is 1. The maximum Gasteiger partial charge on any atom is 0.303 e. The molecule has 0 atom stereocenters. The van der Waals surface area contributed by atoms with Crippen molar-refractivity contribution in [1.82, 2.24) is 9.88 Å². The highest BCUT2D eigenvalue weighted by molar-refractivity contribution is 8.26. The van der Waals surface area contributed by atoms with E-state index in [1.54, 1.807) is 5.38 Å². The van der Waals surface area contributed by atoms with Gasteiger partial charge in [0.25, 0.3) is 17.5 Å². The third kappa shape index (κ3) is 6.57. The van der Waals surface area contributed by atoms with E-state index in [4.69, 9.17) is 22.1 Å². The van der Waals surface area contributed by atoms with Crippen molar-refractivity contribution in [2.24, 2.45) is 0 Å². The van der Waals surface area contributed by atoms with Crippen molar-refractivity contribution in [3.8, 4) is 5.75 Å². The highest BCUT2D eigenvalue weighted by Gasteiger charge is 2.32. The zero-order chi connectivity index (χ0) is 24.0. The van der Waals surface area contributed by atoms with Crippen LogP contribution in [0, 0.1) is 10.1 Å². The number of carboxylic acids is 1. The van der Waals surface area contributed by atoms with Gasteiger partial charge < -0.3 is 9.84 Å². The number of carbonyl (C=O) groups excluding carboxylic acids is 2. The average molecular weight is 509 g/mol. The number of aromatic nitrogens is 1. The fourth-order valence-corrected chi connectivity index (χ4v) is 4.54. The number of rotatable bonds is 10. The smallest absolute Gasteiger partial charge is 0.303 e. The summed E-state index contributed by atoms with van der Waals surface area (Å²) >= 11 is 7.45. The standard InChI is InChI=1S/C19H16N4O7S3/c24-15(21-18-20-5-7-32-18)10-30-13-4-3-12(23(28)29)8-11(13)9-14-17(27)22(19(31)33-14)6-1-2-16(25)26/h3-5,7-9H,1-2,6,10H2,(H,25,26)(H,20,21,24). The number of anilines is 1. The number of thiazole rings is 1. The van der Waals surface area contributed by atoms with Gasteiger partial charge in [0.05, 0.1) is 9.83 Å². The number of carbonyl (C=O) groups is 3. The van der Waals surface area contributed by atoms with Crippen molar-refractivity contribution in [2.75, 3.05) is 18.5 Å². The second kappa shape index (κ2) is 11.0. The molecular weight excluding hydrogens is 492 g/mol. The van der Waals surface area contributed by atoms with Crippen LogP contribution in [0.15, 0.2) is 34.7 Å². The first-order valence-corrected chi connectivity index (χ1v) is 11.4. The van der Waals surface area contributed by atoms with Crippen LogP contribution in [0.5, 0.6) is 5.75 Å². The van der Waals surface area contributed by atoms with Gasteiger partial charge in [0, 0.05) is 42.2 Å². The van der Waals surface area contributed by atoms with Crippen LogP contribution in [0.1, 0.15) is 18.4 Å². The Balaban J connectivity index is 1.78. The largest absolute Gasteiger partial charge is 0.483 e. The second-order valence-electron chi connectivity index (χ2n) is 6.48. The van der Waals surface area contributed by atoms with Crippen molar-refractivity contribution < 1.29 is 29.2 Å². The first kappa shape index (κ1) is 24.3. The molecule has 0 radical (unpaired) electrons. The highest BCUT2D eigenvalue weighted by atomic mass is 32.2. The molecule has 1 fully saturated rings. The van der Waals surface area contributed by atoms with Crippen LogP contribution in [0.25, 0.3) is 6.08 Å². The molecule has 0 bridgehead atoms. The van der Waals surface area contributed by atoms with E-state index >= 15 is 0 Å². The normalized spacial score (nSPS) is 14.5. The number of hydrogen-bond donors (Lipinski definition) is 2. The van der Waals surface area contributed by atoms with Crippen molar-refractivity contribution in [2.45, 2.75) is 12.8 Å². The molecule has 2 aromatic rings. The van der Waals surface area contributed by atoms with E-state index in [1.165, 1.54) is 46.7 Å². The van der Waals surface area contributed by atoms with E-state index in [1.807, 2.05) is 0 Å². The molecule has 172 valence electrons. The van der Waals surface area contributed by atoms with Crippen LogP contribution in [-0.2, 0) is 14.4 Å². The zero-order valence-corrected chi connectivity index (χ0v) is 19.2. The van der Waals surface area contributed by atoms with Gasteiger partial charge in [0.1, 0.15) is 10.1 Å². The number of hydrogen-bond acceptors (Lipinski definition) is 10. The molecule has 0 saturated carbocycles. The first-order chi connectivity index (χ1) is 15.7. The summed E-state index contributed by atoms with van der Waals surface area (Å²) < 4.78 is 5.80. The van der Waals surface area contributed by atoms with Crippen molar-refractivity contribution >= 4 is 74.3 Å². The highest BCUT2D eigenvalue weighted by Crippen LogP contribution is 2.35. The van der Waals surface area contributed by atoms with Gasteiger partial charge in [-0.2, -0.15) is 0 Å². The van der Waals surface area contributed by atoms with Crippen molar-refractivity contribution in [3.05, 3.63) is 50.4 Å². The van der Waals surface area contributed by atoms with Gasteiger partial charge >= 0.3 is 5.97 Å². The molecule has 1 saturated heterocycles. The number of ether oxygens (including phenoxy) is 1. The molecule has 2 amide bonds. The molecule has 1 aliphatic heterocycles. The number of nitrogens with one attached hydrogen (secondary N) is 1. The molecule has 14 heteroatoms. The Morgan fingerprint density at radius 2 is 2.18 bits per heavy atom. The average Bonchev–Trinajstić information content (AvgIpc) is 3.35. The fourth-order valence-electron chi connectivity index (χ4n) is 2.70. The number of nitro benzene ring substituents is 1. The van der Waals surface area contributed by atoms with Gasteiger partial charge in [-0.15, -0.1) is 11.3 Å². The maximum absolute atomic E-state index is 12.7. The lowest BCUT2D eigenvalue weighted by Crippen LogP contribution is -2.29. The summed E-state index contributed by atoms with van der Waals surface area (Å²) in [7, 11) is 0. The van der Waals surface area contributed by atoms with E-state index < -0.39 is 22.7 Å². The lowest BCUT2D eigenvalue weighted by atomic mass is 10.1. The summed E-state index contributed by atoms with van der Waals surface area (Å²) in [4.78, 5) is 51.6. The van der Waals surface area contributed by atoms with E-state index in [0.717, 1.165) is 11.8 Å². The number of amides is 2. The summed E-state index contributed by atoms with van der Waals surface area (Å²) in [5.41, 5.74) is -0.00458. The molecule has 1 aromatic carbocycles. The van der Waals surface area contributed by atoms with Gasteiger partial charge in [0.2, 0.25) is 0 Å². The lowest BCUT2D eigenvalue weighted by molar-refractivity contribution is -0.384. The topological polar surface area (TPSA) is 152 Å². The summed E-state index contributed by atoms with van der Waals surface area (Å²) in [6, 6.07) is 3.79. The summed E-state index contributed by atoms with van der Waals surface area (Å²) in [5, 5.41) is 24.6. The van der Waals surface area contributed by atoms with Gasteiger partial charge in [-0.25, -0.2) is 4.98 Å². The van der Waals surface area contributed by atoms with Crippen LogP contribution in [-0.4, -0.2) is 55.2 Å². The summed E-state index contributed by atoms with van der Waals surface area (Å²) in [5.74, 6) is -1.73. The third-order valence-electron chi connectivity index (χ3n) is 4.17. The molecule has 0 unspecified atom stereocenters. The Morgan fingerprint density at radius 1 is 1.39 bits per heavy atom. The number of aliphatic carboxylic acids is 1. The molecule has 3 rings (SSSR count). The van der Waals surface area contributed by atoms with Crippen LogP contribution >= 0.6 is 35.3 Å². The number of thioether (sulfide) groups is 1. The predicted molar refractivity (Wildman–Crippen MR) is 126 cm³/mol. The molecule has 1 aromatic heterocycles. The summed E-state index contributed by atoms with van der Waals surface area (Å²) in [6.45, 7) is -0.238. The van der Waals surface area contributed by atoms with E-state index in [9.17, 15) is 24.5 Å². The Hall–Kier alpha value is -3.36. The second-order valence-corrected chi connectivity index (χ2v) is 9.05. The molecule has 2 heterocycles. The molecule has 2 N–H and O–H groups in total. The number of nitrogens with zero attached hydrogens (tertiary/aromatic N) is 3. The van der Waals surface area contributed by atoms with Gasteiger partial charge in [-0.3, -0.25) is 34.7 Å². The molecule has 0 aliphatic carbocycles. The number of carboxylic acid groups (broad SMARTS) is 1. The molecular formula is C19H16N4O7S3. The molecule has 33 heavy (non-hydrogen) atoms. The third-order valence-corrected chi connectivity index (χ3v) is 6.24. The SMILES string of the molecule is O=C(O)CCCN1C(=O)C(=Cc2cc([N+](=O)[O-])ccc2OCC(=O)Nc2nccs2)SC1=S. The number of nitro groups is 1. The fraction of sp³-hybridized carbons (Fsp3) is 0.211. The van der Waals surface area contributed by atoms with Crippen LogP contribution in [0.2, 0.25) is 0 Å². The number of non-ortho nitro benzene ring substituents is 1. The Bertz CT molecular complexity index is 1130. The Labute approximate surface area is 200 Å². The lowest BCUT2D eigenvalue weighted by Gasteiger charge is -2.13. The molecule has 11 nitrogen and oxygen atoms in total. The summed E-state index contributed by atoms with van der Waals surface area (Å²) in [6.07, 6.45) is 3.06. The maximum atomic E-state index is 12.7. The van der Waals surface area contributed by atoms with Crippen LogP contribution in [0.4, 0.5) is 10.8 Å². The Kier molecular flexibility index (Phi) is 8.08. The van der Waals surface area contributed by atoms with Crippen LogP contribution < -0.4 is 10.1 Å². The monoisotopic (exact) mass is 508 g/mol. The quantitative estimate of drug-likeness (QED) is 0.212. The van der Waals surface area contributed by atoms with Gasteiger partial charge in [-0.1, -0.05) is 24.0 Å². The van der Waals surface area contributed by atoms with Gasteiger partial charge in [0.15, 0.2) is 11.7 Å². The van der Waals surface area contributed by atoms with Crippen molar-refractivity contribution in [3.63, 3.8) is 0 Å². The van der Waals surface area contributed by atoms with Gasteiger partial charge in [-0.05, 0) is 18.6 Å². The first-order valence-electron chi connectivity index (χ1n) is 9.32. The minimum absolute atomic E-state index is 0.109. The predicted octanol–water partition coefficient (Wildman–Crippen LogP) is 3.13. The minimum atomic E-state index is -0.978. The minimum Gasteiger partial charge on any atom is -0.483 e. The van der Waals surface area contributed by atoms with Crippen LogP contribution in [0.3, 0.4) is 0 Å². The van der Waals surface area contributed by atoms with E-state index in [-0.39, 0.29) is 52.2 Å². The number of thiocarbonyl (C=S) groups is 1.